The minimum absolute atomic E-state index is 0.934. The molecule has 4 aromatic rings. The molecule has 0 N–H and O–H groups in total. The first kappa shape index (κ1) is 14.6. The van der Waals surface area contributed by atoms with E-state index in [0.717, 1.165) is 18.6 Å². The lowest BCUT2D eigenvalue weighted by Crippen LogP contribution is -1.96. The van der Waals surface area contributed by atoms with Crippen molar-refractivity contribution in [3.8, 4) is 17.0 Å². The van der Waals surface area contributed by atoms with Gasteiger partial charge in [0.15, 0.2) is 0 Å². The second-order valence-corrected chi connectivity index (χ2v) is 6.94. The molecule has 0 atom stereocenters. The Hall–Kier alpha value is -2.74. The van der Waals surface area contributed by atoms with Gasteiger partial charge < -0.3 is 9.30 Å². The van der Waals surface area contributed by atoms with Gasteiger partial charge in [0.25, 0.3) is 0 Å². The SMILES string of the molecule is COc1ccc2c(c1)c1c(n2C)-c2c(ccc3ccccc23)CCC1. The standard InChI is InChI=1S/C23H21NO/c1-24-21-13-12-17(25-2)14-20(21)19-9-5-7-16-11-10-15-6-3-4-8-18(15)22(16)23(19)24/h3-4,6,8,10-14H,5,7,9H2,1-2H3. The molecule has 2 heteroatoms. The summed E-state index contributed by atoms with van der Waals surface area (Å²) in [4.78, 5) is 0. The van der Waals surface area contributed by atoms with Gasteiger partial charge in [-0.1, -0.05) is 36.4 Å². The molecule has 0 fully saturated rings. The van der Waals surface area contributed by atoms with E-state index in [0.29, 0.717) is 0 Å². The molecule has 1 aliphatic rings. The lowest BCUT2D eigenvalue weighted by atomic mass is 9.95. The normalized spacial score (nSPS) is 13.5. The molecule has 0 radical (unpaired) electrons. The number of nitrogens with zero attached hydrogens (tertiary/aromatic N) is 1. The molecule has 5 rings (SSSR count). The second kappa shape index (κ2) is 5.38. The molecule has 1 heterocycles. The molecule has 0 amide bonds. The summed E-state index contributed by atoms with van der Waals surface area (Å²) in [7, 11) is 3.94. The summed E-state index contributed by atoms with van der Waals surface area (Å²) in [6.07, 6.45) is 3.44. The average Bonchev–Trinajstić information content (AvgIpc) is 2.81. The van der Waals surface area contributed by atoms with Gasteiger partial charge in [-0.2, -0.15) is 0 Å². The fourth-order valence-corrected chi connectivity index (χ4v) is 4.46. The maximum Gasteiger partial charge on any atom is 0.119 e. The van der Waals surface area contributed by atoms with Crippen LogP contribution in [0.4, 0.5) is 0 Å². The van der Waals surface area contributed by atoms with Crippen molar-refractivity contribution >= 4 is 21.7 Å². The van der Waals surface area contributed by atoms with Crippen LogP contribution in [0.25, 0.3) is 32.9 Å². The summed E-state index contributed by atoms with van der Waals surface area (Å²) in [6.45, 7) is 0. The molecule has 2 nitrogen and oxygen atoms in total. The van der Waals surface area contributed by atoms with Crippen LogP contribution in [0.15, 0.2) is 54.6 Å². The maximum atomic E-state index is 5.48. The molecule has 124 valence electrons. The summed E-state index contributed by atoms with van der Waals surface area (Å²) >= 11 is 0. The molecule has 0 spiro atoms. The van der Waals surface area contributed by atoms with Crippen molar-refractivity contribution in [2.75, 3.05) is 7.11 Å². The van der Waals surface area contributed by atoms with Crippen LogP contribution >= 0.6 is 0 Å². The summed E-state index contributed by atoms with van der Waals surface area (Å²) in [5, 5.41) is 4.01. The molecule has 0 unspecified atom stereocenters. The third kappa shape index (κ3) is 2.03. The van der Waals surface area contributed by atoms with Crippen molar-refractivity contribution in [3.05, 3.63) is 65.7 Å². The van der Waals surface area contributed by atoms with Gasteiger partial charge in [0.1, 0.15) is 5.75 Å². The van der Waals surface area contributed by atoms with Gasteiger partial charge in [0, 0.05) is 23.5 Å². The van der Waals surface area contributed by atoms with E-state index in [2.05, 4.69) is 66.2 Å². The van der Waals surface area contributed by atoms with E-state index in [1.165, 1.54) is 50.5 Å². The molecule has 0 saturated carbocycles. The monoisotopic (exact) mass is 327 g/mol. The van der Waals surface area contributed by atoms with Crippen LogP contribution in [0.5, 0.6) is 5.75 Å². The minimum Gasteiger partial charge on any atom is -0.497 e. The Morgan fingerprint density at radius 2 is 1.80 bits per heavy atom. The number of aromatic nitrogens is 1. The van der Waals surface area contributed by atoms with E-state index in [4.69, 9.17) is 4.74 Å². The molecule has 3 aromatic carbocycles. The van der Waals surface area contributed by atoms with Gasteiger partial charge >= 0.3 is 0 Å². The van der Waals surface area contributed by atoms with E-state index >= 15 is 0 Å². The number of methoxy groups -OCH3 is 1. The zero-order chi connectivity index (χ0) is 17.0. The lowest BCUT2D eigenvalue weighted by molar-refractivity contribution is 0.415. The van der Waals surface area contributed by atoms with Gasteiger partial charge in [-0.15, -0.1) is 0 Å². The Labute approximate surface area is 147 Å². The highest BCUT2D eigenvalue weighted by molar-refractivity contribution is 6.03. The topological polar surface area (TPSA) is 14.2 Å². The van der Waals surface area contributed by atoms with Crippen molar-refractivity contribution in [2.24, 2.45) is 7.05 Å². The van der Waals surface area contributed by atoms with Crippen molar-refractivity contribution < 1.29 is 4.74 Å². The lowest BCUT2D eigenvalue weighted by Gasteiger charge is -2.13. The Kier molecular flexibility index (Phi) is 3.14. The number of rotatable bonds is 1. The van der Waals surface area contributed by atoms with Crippen LogP contribution in [0.3, 0.4) is 0 Å². The predicted octanol–water partition coefficient (Wildman–Crippen LogP) is 5.50. The summed E-state index contributed by atoms with van der Waals surface area (Å²) in [5.41, 5.74) is 7.02. The van der Waals surface area contributed by atoms with Crippen LogP contribution in [0, 0.1) is 0 Å². The highest BCUT2D eigenvalue weighted by Gasteiger charge is 2.23. The van der Waals surface area contributed by atoms with Gasteiger partial charge in [0.2, 0.25) is 0 Å². The number of aryl methyl sites for hydroxylation is 3. The minimum atomic E-state index is 0.934. The first-order valence-electron chi connectivity index (χ1n) is 8.94. The Balaban J connectivity index is 1.94. The third-order valence-corrected chi connectivity index (χ3v) is 5.64. The Bertz CT molecular complexity index is 1120. The largest absolute Gasteiger partial charge is 0.497 e. The molecule has 25 heavy (non-hydrogen) atoms. The molecular weight excluding hydrogens is 306 g/mol. The fourth-order valence-electron chi connectivity index (χ4n) is 4.46. The van der Waals surface area contributed by atoms with E-state index < -0.39 is 0 Å². The van der Waals surface area contributed by atoms with Crippen LogP contribution in [0.1, 0.15) is 17.5 Å². The number of fused-ring (bicyclic) bond motifs is 7. The van der Waals surface area contributed by atoms with Gasteiger partial charge in [-0.05, 0) is 59.4 Å². The second-order valence-electron chi connectivity index (χ2n) is 6.94. The van der Waals surface area contributed by atoms with Gasteiger partial charge in [-0.25, -0.2) is 0 Å². The quantitative estimate of drug-likeness (QED) is 0.450. The highest BCUT2D eigenvalue weighted by atomic mass is 16.5. The molecule has 0 saturated heterocycles. The number of hydrogen-bond donors (Lipinski definition) is 0. The number of hydrogen-bond acceptors (Lipinski definition) is 1. The van der Waals surface area contributed by atoms with Crippen LogP contribution in [0.2, 0.25) is 0 Å². The zero-order valence-corrected chi connectivity index (χ0v) is 14.7. The van der Waals surface area contributed by atoms with Crippen molar-refractivity contribution in [2.45, 2.75) is 19.3 Å². The Morgan fingerprint density at radius 1 is 0.920 bits per heavy atom. The van der Waals surface area contributed by atoms with Crippen LogP contribution in [-0.4, -0.2) is 11.7 Å². The van der Waals surface area contributed by atoms with E-state index in [1.54, 1.807) is 7.11 Å². The summed E-state index contributed by atoms with van der Waals surface area (Å²) < 4.78 is 7.86. The summed E-state index contributed by atoms with van der Waals surface area (Å²) in [6, 6.07) is 19.8. The predicted molar refractivity (Wildman–Crippen MR) is 104 cm³/mol. The number of ether oxygens (including phenoxy) is 1. The van der Waals surface area contributed by atoms with Crippen LogP contribution < -0.4 is 4.74 Å². The van der Waals surface area contributed by atoms with E-state index in [9.17, 15) is 0 Å². The number of benzene rings is 3. The third-order valence-electron chi connectivity index (χ3n) is 5.64. The molecule has 1 aliphatic carbocycles. The van der Waals surface area contributed by atoms with Gasteiger partial charge in [-0.3, -0.25) is 0 Å². The Morgan fingerprint density at radius 3 is 2.68 bits per heavy atom. The van der Waals surface area contributed by atoms with Crippen LogP contribution in [-0.2, 0) is 19.9 Å². The zero-order valence-electron chi connectivity index (χ0n) is 14.7. The fraction of sp³-hybridized carbons (Fsp3) is 0.217. The first-order chi connectivity index (χ1) is 12.3. The highest BCUT2D eigenvalue weighted by Crippen LogP contribution is 2.42. The molecule has 1 aromatic heterocycles. The van der Waals surface area contributed by atoms with Gasteiger partial charge in [0.05, 0.1) is 12.8 Å². The van der Waals surface area contributed by atoms with Crippen molar-refractivity contribution in [1.29, 1.82) is 0 Å². The van der Waals surface area contributed by atoms with E-state index in [1.807, 2.05) is 0 Å². The average molecular weight is 327 g/mol. The van der Waals surface area contributed by atoms with Crippen molar-refractivity contribution in [3.63, 3.8) is 0 Å². The van der Waals surface area contributed by atoms with Crippen molar-refractivity contribution in [1.82, 2.24) is 4.57 Å². The first-order valence-corrected chi connectivity index (χ1v) is 8.94. The van der Waals surface area contributed by atoms with E-state index in [-0.39, 0.29) is 0 Å². The molecule has 0 bridgehead atoms. The smallest absolute Gasteiger partial charge is 0.119 e. The maximum absolute atomic E-state index is 5.48. The molecule has 0 aliphatic heterocycles. The summed E-state index contributed by atoms with van der Waals surface area (Å²) in [5.74, 6) is 0.934. The molecular formula is C23H21NO.